The Hall–Kier alpha value is -1.61. The van der Waals surface area contributed by atoms with Gasteiger partial charge in [-0.3, -0.25) is 4.98 Å². The Morgan fingerprint density at radius 3 is 2.72 bits per heavy atom. The predicted octanol–water partition coefficient (Wildman–Crippen LogP) is 3.64. The van der Waals surface area contributed by atoms with Gasteiger partial charge >= 0.3 is 5.97 Å². The van der Waals surface area contributed by atoms with Gasteiger partial charge < -0.3 is 5.11 Å². The highest BCUT2D eigenvalue weighted by Gasteiger charge is 2.41. The normalized spacial score (nSPS) is 16.8. The molecule has 1 aliphatic rings. The second-order valence-corrected chi connectivity index (χ2v) is 5.52. The van der Waals surface area contributed by atoms with E-state index >= 15 is 0 Å². The van der Waals surface area contributed by atoms with Crippen molar-refractivity contribution in [2.24, 2.45) is 0 Å². The van der Waals surface area contributed by atoms with Gasteiger partial charge in [0.15, 0.2) is 0 Å². The molecule has 0 bridgehead atoms. The summed E-state index contributed by atoms with van der Waals surface area (Å²) in [6.07, 6.45) is 2.12. The summed E-state index contributed by atoms with van der Waals surface area (Å²) < 4.78 is 0. The molecule has 1 aromatic carbocycles. The Morgan fingerprint density at radius 1 is 1.39 bits per heavy atom. The fourth-order valence-electron chi connectivity index (χ4n) is 2.13. The Bertz CT molecular complexity index is 662. The Morgan fingerprint density at radius 2 is 2.11 bits per heavy atom. The van der Waals surface area contributed by atoms with Crippen molar-refractivity contribution >= 4 is 28.5 Å². The van der Waals surface area contributed by atoms with E-state index in [1.165, 1.54) is 0 Å². The average Bonchev–Trinajstić information content (AvgIpc) is 3.06. The molecule has 0 atom stereocenters. The zero-order valence-electron chi connectivity index (χ0n) is 9.90. The van der Waals surface area contributed by atoms with Crippen molar-refractivity contribution in [2.75, 3.05) is 0 Å². The van der Waals surface area contributed by atoms with Crippen LogP contribution in [0, 0.1) is 0 Å². The lowest BCUT2D eigenvalue weighted by Crippen LogP contribution is -2.08. The fraction of sp³-hybridized carbons (Fsp3) is 0.286. The van der Waals surface area contributed by atoms with Gasteiger partial charge in [-0.2, -0.15) is 0 Å². The second-order valence-electron chi connectivity index (χ2n) is 5.08. The molecule has 1 saturated carbocycles. The molecule has 0 radical (unpaired) electrons. The van der Waals surface area contributed by atoms with Crippen molar-refractivity contribution in [2.45, 2.75) is 25.2 Å². The summed E-state index contributed by atoms with van der Waals surface area (Å²) in [7, 11) is 0. The van der Waals surface area contributed by atoms with E-state index in [0.717, 1.165) is 18.5 Å². The van der Waals surface area contributed by atoms with Crippen LogP contribution < -0.4 is 0 Å². The number of carboxylic acids is 1. The zero-order valence-corrected chi connectivity index (χ0v) is 10.7. The number of carboxylic acid groups (broad SMARTS) is 1. The lowest BCUT2D eigenvalue weighted by Gasteiger charge is -2.11. The minimum Gasteiger partial charge on any atom is -0.478 e. The largest absolute Gasteiger partial charge is 0.478 e. The fourth-order valence-corrected chi connectivity index (χ4v) is 2.30. The van der Waals surface area contributed by atoms with E-state index in [1.54, 1.807) is 24.3 Å². The maximum absolute atomic E-state index is 11.3. The quantitative estimate of drug-likeness (QED) is 0.898. The number of hydrogen-bond acceptors (Lipinski definition) is 2. The molecular formula is C14H12ClNO2. The van der Waals surface area contributed by atoms with Gasteiger partial charge in [-0.15, -0.1) is 0 Å². The van der Waals surface area contributed by atoms with E-state index in [2.05, 4.69) is 11.9 Å². The molecule has 4 heteroatoms. The number of fused-ring (bicyclic) bond motifs is 1. The van der Waals surface area contributed by atoms with Crippen molar-refractivity contribution in [3.05, 3.63) is 40.5 Å². The molecule has 1 heterocycles. The molecule has 1 aromatic heterocycles. The third-order valence-electron chi connectivity index (χ3n) is 3.62. The summed E-state index contributed by atoms with van der Waals surface area (Å²) in [5, 5.41) is 10.5. The third-order valence-corrected chi connectivity index (χ3v) is 3.86. The predicted molar refractivity (Wildman–Crippen MR) is 70.3 cm³/mol. The number of carbonyl (C=O) groups is 1. The van der Waals surface area contributed by atoms with Crippen LogP contribution in [0.3, 0.4) is 0 Å². The van der Waals surface area contributed by atoms with Gasteiger partial charge in [0, 0.05) is 21.5 Å². The van der Waals surface area contributed by atoms with Gasteiger partial charge in [-0.25, -0.2) is 4.79 Å². The lowest BCUT2D eigenvalue weighted by atomic mass is 10.00. The number of benzene rings is 1. The number of aromatic carboxylic acids is 1. The van der Waals surface area contributed by atoms with Crippen LogP contribution in [0.5, 0.6) is 0 Å². The average molecular weight is 262 g/mol. The number of rotatable bonds is 2. The molecule has 0 aliphatic heterocycles. The summed E-state index contributed by atoms with van der Waals surface area (Å²) >= 11 is 5.95. The monoisotopic (exact) mass is 261 g/mol. The Labute approximate surface area is 109 Å². The van der Waals surface area contributed by atoms with Crippen molar-refractivity contribution in [3.63, 3.8) is 0 Å². The molecule has 0 amide bonds. The highest BCUT2D eigenvalue weighted by atomic mass is 35.5. The SMILES string of the molecule is CC1(c2cc(C(=O)O)c3ccc(Cl)cc3n2)CC1. The maximum Gasteiger partial charge on any atom is 0.336 e. The van der Waals surface area contributed by atoms with Crippen molar-refractivity contribution < 1.29 is 9.90 Å². The maximum atomic E-state index is 11.3. The second kappa shape index (κ2) is 3.69. The van der Waals surface area contributed by atoms with E-state index < -0.39 is 5.97 Å². The third kappa shape index (κ3) is 1.75. The lowest BCUT2D eigenvalue weighted by molar-refractivity contribution is 0.0699. The van der Waals surface area contributed by atoms with Crippen LogP contribution >= 0.6 is 11.6 Å². The van der Waals surface area contributed by atoms with Crippen LogP contribution in [0.2, 0.25) is 5.02 Å². The molecule has 1 fully saturated rings. The summed E-state index contributed by atoms with van der Waals surface area (Å²) in [6.45, 7) is 2.11. The smallest absolute Gasteiger partial charge is 0.336 e. The standard InChI is InChI=1S/C14H12ClNO2/c1-14(4-5-14)12-7-10(13(17)18)9-3-2-8(15)6-11(9)16-12/h2-3,6-7H,4-5H2,1H3,(H,17,18). The highest BCUT2D eigenvalue weighted by molar-refractivity contribution is 6.31. The zero-order chi connectivity index (χ0) is 12.9. The molecule has 0 unspecified atom stereocenters. The molecule has 0 spiro atoms. The first-order valence-corrected chi connectivity index (χ1v) is 6.21. The van der Waals surface area contributed by atoms with Crippen LogP contribution in [-0.4, -0.2) is 16.1 Å². The molecule has 92 valence electrons. The molecule has 1 aliphatic carbocycles. The molecule has 18 heavy (non-hydrogen) atoms. The molecule has 3 rings (SSSR count). The van der Waals surface area contributed by atoms with Crippen LogP contribution in [0.15, 0.2) is 24.3 Å². The Kier molecular flexibility index (Phi) is 2.35. The minimum absolute atomic E-state index is 0.0424. The van der Waals surface area contributed by atoms with Gasteiger partial charge in [0.25, 0.3) is 0 Å². The van der Waals surface area contributed by atoms with Crippen LogP contribution in [0.25, 0.3) is 10.9 Å². The van der Waals surface area contributed by atoms with Crippen LogP contribution in [-0.2, 0) is 5.41 Å². The number of halogens is 1. The van der Waals surface area contributed by atoms with Crippen molar-refractivity contribution in [3.8, 4) is 0 Å². The molecule has 2 aromatic rings. The highest BCUT2D eigenvalue weighted by Crippen LogP contribution is 2.47. The first-order valence-electron chi connectivity index (χ1n) is 5.84. The van der Waals surface area contributed by atoms with Gasteiger partial charge in [-0.05, 0) is 31.0 Å². The Balaban J connectivity index is 2.32. The van der Waals surface area contributed by atoms with Gasteiger partial charge in [0.05, 0.1) is 11.1 Å². The summed E-state index contributed by atoms with van der Waals surface area (Å²) in [4.78, 5) is 15.9. The van der Waals surface area contributed by atoms with E-state index in [4.69, 9.17) is 11.6 Å². The molecular weight excluding hydrogens is 250 g/mol. The summed E-state index contributed by atoms with van der Waals surface area (Å²) in [5.74, 6) is -0.921. The van der Waals surface area contributed by atoms with Crippen LogP contribution in [0.1, 0.15) is 35.8 Å². The van der Waals surface area contributed by atoms with E-state index in [9.17, 15) is 9.90 Å². The topological polar surface area (TPSA) is 50.2 Å². The number of aromatic nitrogens is 1. The minimum atomic E-state index is -0.921. The first-order chi connectivity index (χ1) is 8.49. The number of hydrogen-bond donors (Lipinski definition) is 1. The molecule has 0 saturated heterocycles. The van der Waals surface area contributed by atoms with Crippen molar-refractivity contribution in [1.82, 2.24) is 4.98 Å². The van der Waals surface area contributed by atoms with Gasteiger partial charge in [0.2, 0.25) is 0 Å². The molecule has 3 nitrogen and oxygen atoms in total. The summed E-state index contributed by atoms with van der Waals surface area (Å²) in [6, 6.07) is 6.83. The van der Waals surface area contributed by atoms with Gasteiger partial charge in [0.1, 0.15) is 0 Å². The first kappa shape index (κ1) is 11.5. The van der Waals surface area contributed by atoms with Crippen molar-refractivity contribution in [1.29, 1.82) is 0 Å². The molecule has 1 N–H and O–H groups in total. The van der Waals surface area contributed by atoms with E-state index in [1.807, 2.05) is 0 Å². The summed E-state index contributed by atoms with van der Waals surface area (Å²) in [5.41, 5.74) is 1.86. The van der Waals surface area contributed by atoms with E-state index in [0.29, 0.717) is 21.5 Å². The number of pyridine rings is 1. The van der Waals surface area contributed by atoms with Crippen LogP contribution in [0.4, 0.5) is 0 Å². The number of nitrogens with zero attached hydrogens (tertiary/aromatic N) is 1. The van der Waals surface area contributed by atoms with E-state index in [-0.39, 0.29) is 5.41 Å². The van der Waals surface area contributed by atoms with Gasteiger partial charge in [-0.1, -0.05) is 24.6 Å².